The van der Waals surface area contributed by atoms with Gasteiger partial charge in [-0.1, -0.05) is 0 Å². The van der Waals surface area contributed by atoms with E-state index in [4.69, 9.17) is 4.74 Å². The first-order valence-corrected chi connectivity index (χ1v) is 7.15. The molecule has 104 valence electrons. The van der Waals surface area contributed by atoms with Gasteiger partial charge in [0.2, 0.25) is 5.01 Å². The molecule has 0 radical (unpaired) electrons. The summed E-state index contributed by atoms with van der Waals surface area (Å²) in [4.78, 5) is 29.7. The highest BCUT2D eigenvalue weighted by molar-refractivity contribution is 7.07. The van der Waals surface area contributed by atoms with Crippen LogP contribution in [0.4, 0.5) is 0 Å². The van der Waals surface area contributed by atoms with Gasteiger partial charge in [0.15, 0.2) is 0 Å². The summed E-state index contributed by atoms with van der Waals surface area (Å²) in [7, 11) is 0. The Kier molecular flexibility index (Phi) is 4.47. The molecule has 1 saturated heterocycles. The van der Waals surface area contributed by atoms with E-state index in [1.54, 1.807) is 18.7 Å². The Balaban J connectivity index is 2.01. The zero-order valence-electron chi connectivity index (χ0n) is 11.1. The number of hydrogen-bond donors (Lipinski definition) is 0. The van der Waals surface area contributed by atoms with Crippen LogP contribution in [0.25, 0.3) is 0 Å². The summed E-state index contributed by atoms with van der Waals surface area (Å²) in [6, 6.07) is 0. The Morgan fingerprint density at radius 2 is 2.32 bits per heavy atom. The number of hydrogen-bond acceptors (Lipinski definition) is 6. The number of esters is 1. The minimum atomic E-state index is -0.216. The second kappa shape index (κ2) is 6.10. The van der Waals surface area contributed by atoms with E-state index in [0.29, 0.717) is 30.5 Å². The minimum Gasteiger partial charge on any atom is -0.466 e. The van der Waals surface area contributed by atoms with E-state index in [9.17, 15) is 9.59 Å². The van der Waals surface area contributed by atoms with Crippen LogP contribution in [-0.2, 0) is 9.53 Å². The lowest BCUT2D eigenvalue weighted by Crippen LogP contribution is -2.42. The molecule has 0 aliphatic carbocycles. The molecule has 1 fully saturated rings. The Morgan fingerprint density at radius 1 is 1.53 bits per heavy atom. The van der Waals surface area contributed by atoms with Crippen LogP contribution in [0.5, 0.6) is 0 Å². The molecule has 0 bridgehead atoms. The van der Waals surface area contributed by atoms with E-state index < -0.39 is 0 Å². The summed E-state index contributed by atoms with van der Waals surface area (Å²) in [6.07, 6.45) is 1.59. The summed E-state index contributed by atoms with van der Waals surface area (Å²) in [5.41, 5.74) is 0. The molecule has 0 spiro atoms. The van der Waals surface area contributed by atoms with E-state index in [0.717, 1.165) is 24.4 Å². The van der Waals surface area contributed by atoms with Gasteiger partial charge in [-0.25, -0.2) is 4.98 Å². The van der Waals surface area contributed by atoms with Crippen LogP contribution >= 0.6 is 11.5 Å². The molecule has 1 aromatic rings. The summed E-state index contributed by atoms with van der Waals surface area (Å²) in [5, 5.41) is 0.391. The third-order valence-electron chi connectivity index (χ3n) is 3.04. The van der Waals surface area contributed by atoms with Crippen molar-refractivity contribution in [3.63, 3.8) is 0 Å². The van der Waals surface area contributed by atoms with E-state index in [2.05, 4.69) is 9.36 Å². The molecule has 0 N–H and O–H groups in total. The molecule has 1 aliphatic heterocycles. The zero-order valence-corrected chi connectivity index (χ0v) is 11.9. The predicted octanol–water partition coefficient (Wildman–Crippen LogP) is 1.26. The van der Waals surface area contributed by atoms with Gasteiger partial charge in [-0.15, -0.1) is 0 Å². The molecule has 1 aliphatic rings. The van der Waals surface area contributed by atoms with Crippen LogP contribution in [-0.4, -0.2) is 45.8 Å². The minimum absolute atomic E-state index is 0.139. The van der Waals surface area contributed by atoms with Crippen molar-refractivity contribution in [1.29, 1.82) is 0 Å². The highest BCUT2D eigenvalue weighted by Gasteiger charge is 2.30. The third kappa shape index (κ3) is 3.28. The van der Waals surface area contributed by atoms with Gasteiger partial charge < -0.3 is 9.64 Å². The van der Waals surface area contributed by atoms with Crippen molar-refractivity contribution < 1.29 is 14.3 Å². The van der Waals surface area contributed by atoms with Crippen molar-refractivity contribution in [2.45, 2.75) is 26.7 Å². The molecule has 1 amide bonds. The maximum absolute atomic E-state index is 12.2. The number of ether oxygens (including phenoxy) is 1. The van der Waals surface area contributed by atoms with Crippen molar-refractivity contribution in [3.05, 3.63) is 10.8 Å². The second-order valence-electron chi connectivity index (χ2n) is 4.49. The molecule has 1 unspecified atom stereocenters. The second-order valence-corrected chi connectivity index (χ2v) is 5.24. The maximum atomic E-state index is 12.2. The Labute approximate surface area is 115 Å². The smallest absolute Gasteiger partial charge is 0.310 e. The van der Waals surface area contributed by atoms with E-state index in [1.807, 2.05) is 0 Å². The number of aromatic nitrogens is 2. The third-order valence-corrected chi connectivity index (χ3v) is 3.83. The highest BCUT2D eigenvalue weighted by Crippen LogP contribution is 2.20. The van der Waals surface area contributed by atoms with Crippen LogP contribution in [0, 0.1) is 12.8 Å². The normalized spacial score (nSPS) is 19.3. The van der Waals surface area contributed by atoms with Crippen LogP contribution in [0.1, 0.15) is 35.4 Å². The number of aryl methyl sites for hydroxylation is 1. The van der Waals surface area contributed by atoms with Crippen molar-refractivity contribution in [3.8, 4) is 0 Å². The van der Waals surface area contributed by atoms with Gasteiger partial charge in [-0.3, -0.25) is 9.59 Å². The molecule has 0 aromatic carbocycles. The number of likely N-dealkylation sites (tertiary alicyclic amines) is 1. The quantitative estimate of drug-likeness (QED) is 0.781. The van der Waals surface area contributed by atoms with Crippen LogP contribution in [0.2, 0.25) is 0 Å². The molecule has 7 heteroatoms. The molecule has 1 aromatic heterocycles. The number of amides is 1. The first kappa shape index (κ1) is 13.9. The van der Waals surface area contributed by atoms with Crippen molar-refractivity contribution >= 4 is 23.4 Å². The van der Waals surface area contributed by atoms with Crippen molar-refractivity contribution in [2.75, 3.05) is 19.7 Å². The van der Waals surface area contributed by atoms with E-state index in [1.165, 1.54) is 0 Å². The summed E-state index contributed by atoms with van der Waals surface area (Å²) >= 11 is 1.10. The topological polar surface area (TPSA) is 72.4 Å². The molecule has 1 atom stereocenters. The summed E-state index contributed by atoms with van der Waals surface area (Å²) in [5.74, 6) is 0.0343. The number of carbonyl (C=O) groups excluding carboxylic acids is 2. The highest BCUT2D eigenvalue weighted by atomic mass is 32.1. The van der Waals surface area contributed by atoms with Gasteiger partial charge in [0.05, 0.1) is 12.5 Å². The Hall–Kier alpha value is -1.50. The largest absolute Gasteiger partial charge is 0.466 e. The van der Waals surface area contributed by atoms with Gasteiger partial charge in [0.1, 0.15) is 5.82 Å². The standard InChI is InChI=1S/C12H17N3O3S/c1-3-18-12(17)9-5-4-6-15(7-9)11(16)10-13-8(2)14-19-10/h9H,3-7H2,1-2H3. The molecular weight excluding hydrogens is 266 g/mol. The van der Waals surface area contributed by atoms with Crippen molar-refractivity contribution in [1.82, 2.24) is 14.3 Å². The lowest BCUT2D eigenvalue weighted by molar-refractivity contribution is -0.149. The molecule has 0 saturated carbocycles. The first-order valence-electron chi connectivity index (χ1n) is 6.38. The van der Waals surface area contributed by atoms with Gasteiger partial charge in [0, 0.05) is 13.1 Å². The van der Waals surface area contributed by atoms with Crippen LogP contribution in [0.15, 0.2) is 0 Å². The summed E-state index contributed by atoms with van der Waals surface area (Å²) in [6.45, 7) is 4.99. The monoisotopic (exact) mass is 283 g/mol. The van der Waals surface area contributed by atoms with Crippen molar-refractivity contribution in [2.24, 2.45) is 5.92 Å². The van der Waals surface area contributed by atoms with E-state index >= 15 is 0 Å². The number of rotatable bonds is 3. The molecular formula is C12H17N3O3S. The molecule has 19 heavy (non-hydrogen) atoms. The SMILES string of the molecule is CCOC(=O)C1CCCN(C(=O)c2nc(C)ns2)C1. The summed E-state index contributed by atoms with van der Waals surface area (Å²) < 4.78 is 9.02. The number of carbonyl (C=O) groups is 2. The van der Waals surface area contributed by atoms with Gasteiger partial charge in [-0.2, -0.15) is 4.37 Å². The number of nitrogens with zero attached hydrogens (tertiary/aromatic N) is 3. The molecule has 2 heterocycles. The van der Waals surface area contributed by atoms with Gasteiger partial charge >= 0.3 is 5.97 Å². The fraction of sp³-hybridized carbons (Fsp3) is 0.667. The average Bonchev–Trinajstić information content (AvgIpc) is 2.85. The Morgan fingerprint density at radius 3 is 2.95 bits per heavy atom. The van der Waals surface area contributed by atoms with E-state index in [-0.39, 0.29) is 17.8 Å². The Bertz CT molecular complexity index is 475. The molecule has 2 rings (SSSR count). The average molecular weight is 283 g/mol. The fourth-order valence-corrected chi connectivity index (χ4v) is 2.77. The lowest BCUT2D eigenvalue weighted by Gasteiger charge is -2.30. The fourth-order valence-electron chi connectivity index (χ4n) is 2.13. The first-order chi connectivity index (χ1) is 9.11. The predicted molar refractivity (Wildman–Crippen MR) is 69.9 cm³/mol. The number of piperidine rings is 1. The lowest BCUT2D eigenvalue weighted by atomic mass is 9.98. The zero-order chi connectivity index (χ0) is 13.8. The van der Waals surface area contributed by atoms with Crippen LogP contribution in [0.3, 0.4) is 0 Å². The van der Waals surface area contributed by atoms with Crippen LogP contribution < -0.4 is 0 Å². The molecule has 6 nitrogen and oxygen atoms in total. The maximum Gasteiger partial charge on any atom is 0.310 e. The van der Waals surface area contributed by atoms with Gasteiger partial charge in [-0.05, 0) is 38.2 Å². The van der Waals surface area contributed by atoms with Gasteiger partial charge in [0.25, 0.3) is 5.91 Å².